The fraction of sp³-hybridized carbons (Fsp3) is 0.562. The van der Waals surface area contributed by atoms with E-state index in [-0.39, 0.29) is 5.92 Å². The fourth-order valence-electron chi connectivity index (χ4n) is 3.01. The highest BCUT2D eigenvalue weighted by molar-refractivity contribution is 5.70. The van der Waals surface area contributed by atoms with Crippen molar-refractivity contribution in [3.05, 3.63) is 29.8 Å². The van der Waals surface area contributed by atoms with Gasteiger partial charge >= 0.3 is 5.97 Å². The van der Waals surface area contributed by atoms with Crippen molar-refractivity contribution >= 4 is 5.97 Å². The first-order valence-corrected chi connectivity index (χ1v) is 7.26. The molecule has 1 aromatic rings. The summed E-state index contributed by atoms with van der Waals surface area (Å²) < 4.78 is 5.29. The van der Waals surface area contributed by atoms with E-state index in [9.17, 15) is 4.79 Å². The Labute approximate surface area is 120 Å². The number of carbonyl (C=O) groups is 1. The Kier molecular flexibility index (Phi) is 5.01. The summed E-state index contributed by atoms with van der Waals surface area (Å²) in [6.07, 6.45) is 2.51. The Morgan fingerprint density at radius 2 is 2.15 bits per heavy atom. The van der Waals surface area contributed by atoms with E-state index >= 15 is 0 Å². The van der Waals surface area contributed by atoms with Gasteiger partial charge in [0, 0.05) is 6.04 Å². The lowest BCUT2D eigenvalue weighted by Crippen LogP contribution is -2.38. The lowest BCUT2D eigenvalue weighted by molar-refractivity contribution is -0.143. The third-order valence-corrected chi connectivity index (χ3v) is 4.18. The zero-order valence-electron chi connectivity index (χ0n) is 12.2. The molecule has 1 saturated heterocycles. The summed E-state index contributed by atoms with van der Waals surface area (Å²) in [4.78, 5) is 13.4. The van der Waals surface area contributed by atoms with Crippen molar-refractivity contribution in [3.63, 3.8) is 0 Å². The second kappa shape index (κ2) is 6.75. The number of ether oxygens (including phenoxy) is 1. The Hall–Kier alpha value is -1.55. The SMILES string of the molecule is CCC(c1cccc(OC)c1)N1CCC(C(=O)O)CC1. The molecule has 1 heterocycles. The van der Waals surface area contributed by atoms with Crippen LogP contribution in [0.5, 0.6) is 5.75 Å². The predicted molar refractivity (Wildman–Crippen MR) is 78.0 cm³/mol. The number of nitrogens with zero attached hydrogens (tertiary/aromatic N) is 1. The summed E-state index contributed by atoms with van der Waals surface area (Å²) in [6.45, 7) is 3.88. The van der Waals surface area contributed by atoms with Crippen LogP contribution < -0.4 is 4.74 Å². The van der Waals surface area contributed by atoms with Gasteiger partial charge < -0.3 is 9.84 Å². The molecule has 2 rings (SSSR count). The molecule has 4 nitrogen and oxygen atoms in total. The zero-order valence-corrected chi connectivity index (χ0v) is 12.2. The van der Waals surface area contributed by atoms with E-state index in [2.05, 4.69) is 24.0 Å². The maximum Gasteiger partial charge on any atom is 0.306 e. The highest BCUT2D eigenvalue weighted by Gasteiger charge is 2.28. The minimum atomic E-state index is -0.654. The average molecular weight is 277 g/mol. The normalized spacial score (nSPS) is 18.7. The van der Waals surface area contributed by atoms with Crippen LogP contribution in [0.25, 0.3) is 0 Å². The molecule has 1 unspecified atom stereocenters. The van der Waals surface area contributed by atoms with Gasteiger partial charge in [0.1, 0.15) is 5.75 Å². The van der Waals surface area contributed by atoms with E-state index in [1.165, 1.54) is 5.56 Å². The molecule has 1 aliphatic heterocycles. The number of aliphatic carboxylic acids is 1. The summed E-state index contributed by atoms with van der Waals surface area (Å²) >= 11 is 0. The summed E-state index contributed by atoms with van der Waals surface area (Å²) in [5.41, 5.74) is 1.25. The number of likely N-dealkylation sites (tertiary alicyclic amines) is 1. The molecule has 1 atom stereocenters. The van der Waals surface area contributed by atoms with Crippen LogP contribution in [0.15, 0.2) is 24.3 Å². The molecule has 0 radical (unpaired) electrons. The molecule has 0 aromatic heterocycles. The molecule has 4 heteroatoms. The number of rotatable bonds is 5. The van der Waals surface area contributed by atoms with Gasteiger partial charge in [-0.2, -0.15) is 0 Å². The minimum absolute atomic E-state index is 0.172. The molecule has 110 valence electrons. The molecule has 0 aliphatic carbocycles. The first kappa shape index (κ1) is 14.9. The smallest absolute Gasteiger partial charge is 0.306 e. The summed E-state index contributed by atoms with van der Waals surface area (Å²) in [7, 11) is 1.68. The minimum Gasteiger partial charge on any atom is -0.497 e. The average Bonchev–Trinajstić information content (AvgIpc) is 2.49. The quantitative estimate of drug-likeness (QED) is 0.899. The van der Waals surface area contributed by atoms with Crippen LogP contribution >= 0.6 is 0 Å². The second-order valence-electron chi connectivity index (χ2n) is 5.35. The van der Waals surface area contributed by atoms with Crippen molar-refractivity contribution in [2.45, 2.75) is 32.2 Å². The molecule has 1 fully saturated rings. The first-order valence-electron chi connectivity index (χ1n) is 7.26. The van der Waals surface area contributed by atoms with Crippen molar-refractivity contribution in [2.24, 2.45) is 5.92 Å². The third kappa shape index (κ3) is 3.31. The molecular weight excluding hydrogens is 254 g/mol. The number of hydrogen-bond acceptors (Lipinski definition) is 3. The van der Waals surface area contributed by atoms with Crippen molar-refractivity contribution in [2.75, 3.05) is 20.2 Å². The molecule has 0 saturated carbocycles. The molecule has 0 bridgehead atoms. The van der Waals surface area contributed by atoms with E-state index in [1.54, 1.807) is 7.11 Å². The Bertz CT molecular complexity index is 453. The topological polar surface area (TPSA) is 49.8 Å². The van der Waals surface area contributed by atoms with Gasteiger partial charge in [-0.3, -0.25) is 9.69 Å². The van der Waals surface area contributed by atoms with Crippen molar-refractivity contribution < 1.29 is 14.6 Å². The van der Waals surface area contributed by atoms with E-state index in [4.69, 9.17) is 9.84 Å². The molecule has 0 spiro atoms. The van der Waals surface area contributed by atoms with Crippen LogP contribution in [0.3, 0.4) is 0 Å². The Morgan fingerprint density at radius 3 is 2.70 bits per heavy atom. The predicted octanol–water partition coefficient (Wildman–Crippen LogP) is 2.94. The van der Waals surface area contributed by atoms with Crippen LogP contribution in [0, 0.1) is 5.92 Å². The number of carboxylic acid groups (broad SMARTS) is 1. The third-order valence-electron chi connectivity index (χ3n) is 4.18. The molecule has 20 heavy (non-hydrogen) atoms. The second-order valence-corrected chi connectivity index (χ2v) is 5.35. The van der Waals surface area contributed by atoms with Gasteiger partial charge in [0.2, 0.25) is 0 Å². The van der Waals surface area contributed by atoms with E-state index < -0.39 is 5.97 Å². The van der Waals surface area contributed by atoms with Gasteiger partial charge in [-0.05, 0) is 50.0 Å². The molecule has 1 aliphatic rings. The van der Waals surface area contributed by atoms with Crippen LogP contribution in [0.1, 0.15) is 37.8 Å². The number of methoxy groups -OCH3 is 1. The van der Waals surface area contributed by atoms with E-state index in [0.29, 0.717) is 6.04 Å². The first-order chi connectivity index (χ1) is 9.65. The van der Waals surface area contributed by atoms with Gasteiger partial charge in [0.05, 0.1) is 13.0 Å². The number of carboxylic acids is 1. The van der Waals surface area contributed by atoms with Gasteiger partial charge in [0.15, 0.2) is 0 Å². The van der Waals surface area contributed by atoms with Gasteiger partial charge in [-0.25, -0.2) is 0 Å². The standard InChI is InChI=1S/C16H23NO3/c1-3-15(13-5-4-6-14(11-13)20-2)17-9-7-12(8-10-17)16(18)19/h4-6,11-12,15H,3,7-10H2,1-2H3,(H,18,19). The van der Waals surface area contributed by atoms with Gasteiger partial charge in [-0.1, -0.05) is 19.1 Å². The highest BCUT2D eigenvalue weighted by Crippen LogP contribution is 2.30. The lowest BCUT2D eigenvalue weighted by Gasteiger charge is -2.36. The fourth-order valence-corrected chi connectivity index (χ4v) is 3.01. The van der Waals surface area contributed by atoms with Crippen molar-refractivity contribution in [1.29, 1.82) is 0 Å². The Balaban J connectivity index is 2.07. The maximum absolute atomic E-state index is 11.0. The maximum atomic E-state index is 11.0. The highest BCUT2D eigenvalue weighted by atomic mass is 16.5. The van der Waals surface area contributed by atoms with Crippen molar-refractivity contribution in [3.8, 4) is 5.75 Å². The lowest BCUT2D eigenvalue weighted by atomic mass is 9.93. The monoisotopic (exact) mass is 277 g/mol. The van der Waals surface area contributed by atoms with Crippen LogP contribution in [-0.2, 0) is 4.79 Å². The molecule has 1 N–H and O–H groups in total. The largest absolute Gasteiger partial charge is 0.497 e. The van der Waals surface area contributed by atoms with Crippen LogP contribution in [-0.4, -0.2) is 36.2 Å². The van der Waals surface area contributed by atoms with Gasteiger partial charge in [-0.15, -0.1) is 0 Å². The van der Waals surface area contributed by atoms with Gasteiger partial charge in [0.25, 0.3) is 0 Å². The van der Waals surface area contributed by atoms with Crippen LogP contribution in [0.2, 0.25) is 0 Å². The van der Waals surface area contributed by atoms with E-state index in [1.807, 2.05) is 12.1 Å². The number of piperidine rings is 1. The summed E-state index contributed by atoms with van der Waals surface area (Å²) in [5.74, 6) is 0.0505. The molecule has 1 aromatic carbocycles. The number of hydrogen-bond donors (Lipinski definition) is 1. The zero-order chi connectivity index (χ0) is 14.5. The molecular formula is C16H23NO3. The number of benzene rings is 1. The van der Waals surface area contributed by atoms with E-state index in [0.717, 1.165) is 38.1 Å². The molecule has 0 amide bonds. The summed E-state index contributed by atoms with van der Waals surface area (Å²) in [5, 5.41) is 9.07. The Morgan fingerprint density at radius 1 is 1.45 bits per heavy atom. The van der Waals surface area contributed by atoms with Crippen molar-refractivity contribution in [1.82, 2.24) is 4.90 Å². The summed E-state index contributed by atoms with van der Waals surface area (Å²) in [6, 6.07) is 8.52. The van der Waals surface area contributed by atoms with Crippen LogP contribution in [0.4, 0.5) is 0 Å².